The van der Waals surface area contributed by atoms with E-state index in [1.54, 1.807) is 12.1 Å². The van der Waals surface area contributed by atoms with Crippen molar-refractivity contribution >= 4 is 55.0 Å². The molecule has 124 valence electrons. The number of fused-ring (bicyclic) bond motifs is 2. The standard InChI is InChI=1S/C22H12O4.2K/c23-21(24)16-9-8-14-15-7-6-12-3-1-2-11-4-5-13(19(15)18(11)12)10-17(14)20(16)22(25)26;;/h1-10H,(H,23,24)(H,25,26);;/q;2*+1/p-2. The van der Waals surface area contributed by atoms with E-state index in [0.29, 0.717) is 10.8 Å². The summed E-state index contributed by atoms with van der Waals surface area (Å²) in [5.41, 5.74) is -0.710. The molecule has 0 spiro atoms. The van der Waals surface area contributed by atoms with Gasteiger partial charge >= 0.3 is 103 Å². The molecule has 0 saturated heterocycles. The molecule has 5 rings (SSSR count). The number of benzene rings is 5. The SMILES string of the molecule is O=C([O-])c1ccc2c(cc3ccc4cccc5ccc2c3c45)c1C(=O)[O-].[K+].[K+]. The Kier molecular flexibility index (Phi) is 6.68. The molecular weight excluding hydrogens is 406 g/mol. The van der Waals surface area contributed by atoms with Crippen molar-refractivity contribution in [1.82, 2.24) is 0 Å². The summed E-state index contributed by atoms with van der Waals surface area (Å²) < 4.78 is 0. The van der Waals surface area contributed by atoms with Crippen molar-refractivity contribution in [2.75, 3.05) is 0 Å². The van der Waals surface area contributed by atoms with Crippen LogP contribution >= 0.6 is 0 Å². The average Bonchev–Trinajstić information content (AvgIpc) is 2.64. The largest absolute Gasteiger partial charge is 1.00 e. The van der Waals surface area contributed by atoms with E-state index in [0.717, 1.165) is 32.3 Å². The van der Waals surface area contributed by atoms with Crippen LogP contribution in [0.15, 0.2) is 60.7 Å². The van der Waals surface area contributed by atoms with Gasteiger partial charge in [0.25, 0.3) is 0 Å². The predicted octanol–water partition coefficient (Wildman–Crippen LogP) is -3.53. The van der Waals surface area contributed by atoms with Crippen LogP contribution in [0.5, 0.6) is 0 Å². The molecular formula is C22H10K2O4. The predicted molar refractivity (Wildman–Crippen MR) is 96.3 cm³/mol. The Morgan fingerprint density at radius 3 is 1.86 bits per heavy atom. The summed E-state index contributed by atoms with van der Waals surface area (Å²) in [4.78, 5) is 23.0. The average molecular weight is 417 g/mol. The monoisotopic (exact) mass is 416 g/mol. The van der Waals surface area contributed by atoms with Crippen LogP contribution in [0.2, 0.25) is 0 Å². The molecule has 0 aromatic heterocycles. The minimum Gasteiger partial charge on any atom is -0.545 e. The first kappa shape index (κ1) is 22.3. The fraction of sp³-hybridized carbons (Fsp3) is 0. The van der Waals surface area contributed by atoms with Crippen LogP contribution in [0, 0.1) is 0 Å². The third-order valence-electron chi connectivity index (χ3n) is 5.07. The zero-order chi connectivity index (χ0) is 18.0. The van der Waals surface area contributed by atoms with Gasteiger partial charge in [0.1, 0.15) is 0 Å². The minimum absolute atomic E-state index is 0. The van der Waals surface area contributed by atoms with Crippen LogP contribution in [-0.4, -0.2) is 11.9 Å². The molecule has 28 heavy (non-hydrogen) atoms. The summed E-state index contributed by atoms with van der Waals surface area (Å²) in [5, 5.41) is 30.2. The molecule has 0 atom stereocenters. The minimum atomic E-state index is -1.53. The summed E-state index contributed by atoms with van der Waals surface area (Å²) >= 11 is 0. The van der Waals surface area contributed by atoms with Gasteiger partial charge in [-0.05, 0) is 49.2 Å². The van der Waals surface area contributed by atoms with Crippen LogP contribution in [0.3, 0.4) is 0 Å². The maximum Gasteiger partial charge on any atom is 1.00 e. The van der Waals surface area contributed by atoms with E-state index in [9.17, 15) is 19.8 Å². The maximum absolute atomic E-state index is 11.7. The fourth-order valence-corrected chi connectivity index (χ4v) is 4.00. The molecule has 0 aliphatic heterocycles. The molecule has 0 unspecified atom stereocenters. The maximum atomic E-state index is 11.7. The van der Waals surface area contributed by atoms with Gasteiger partial charge in [-0.15, -0.1) is 0 Å². The first-order valence-electron chi connectivity index (χ1n) is 8.12. The number of carboxylic acid groups (broad SMARTS) is 2. The quantitative estimate of drug-likeness (QED) is 0.170. The Hall–Kier alpha value is -0.387. The fourth-order valence-electron chi connectivity index (χ4n) is 4.00. The van der Waals surface area contributed by atoms with Crippen LogP contribution in [0.25, 0.3) is 43.1 Å². The summed E-state index contributed by atoms with van der Waals surface area (Å²) in [6.07, 6.45) is 0. The molecule has 5 aromatic carbocycles. The molecule has 5 aromatic rings. The third kappa shape index (κ3) is 3.30. The van der Waals surface area contributed by atoms with Gasteiger partial charge in [0.05, 0.1) is 11.9 Å². The van der Waals surface area contributed by atoms with Crippen molar-refractivity contribution in [2.45, 2.75) is 0 Å². The van der Waals surface area contributed by atoms with E-state index < -0.39 is 11.9 Å². The Labute approximate surface area is 245 Å². The van der Waals surface area contributed by atoms with Gasteiger partial charge in [-0.25, -0.2) is 0 Å². The molecule has 0 fully saturated rings. The number of rotatable bonds is 2. The zero-order valence-corrected chi connectivity index (χ0v) is 21.7. The Morgan fingerprint density at radius 2 is 1.21 bits per heavy atom. The van der Waals surface area contributed by atoms with Gasteiger partial charge in [-0.3, -0.25) is 0 Å². The third-order valence-corrected chi connectivity index (χ3v) is 5.07. The molecule has 0 bridgehead atoms. The van der Waals surface area contributed by atoms with Gasteiger partial charge in [-0.2, -0.15) is 0 Å². The molecule has 0 aliphatic carbocycles. The molecule has 4 nitrogen and oxygen atoms in total. The van der Waals surface area contributed by atoms with Crippen molar-refractivity contribution in [3.8, 4) is 0 Å². The zero-order valence-electron chi connectivity index (χ0n) is 15.4. The molecule has 0 saturated carbocycles. The Bertz CT molecular complexity index is 1380. The first-order valence-corrected chi connectivity index (χ1v) is 8.12. The van der Waals surface area contributed by atoms with Crippen molar-refractivity contribution in [3.63, 3.8) is 0 Å². The van der Waals surface area contributed by atoms with E-state index >= 15 is 0 Å². The number of aromatic carboxylic acids is 2. The van der Waals surface area contributed by atoms with E-state index in [2.05, 4.69) is 0 Å². The second kappa shape index (κ2) is 8.39. The number of hydrogen-bond acceptors (Lipinski definition) is 4. The van der Waals surface area contributed by atoms with Gasteiger partial charge in [0, 0.05) is 11.1 Å². The summed E-state index contributed by atoms with van der Waals surface area (Å²) in [6.45, 7) is 0. The summed E-state index contributed by atoms with van der Waals surface area (Å²) in [6, 6.07) is 18.6. The second-order valence-corrected chi connectivity index (χ2v) is 6.39. The molecule has 0 amide bonds. The van der Waals surface area contributed by atoms with Crippen LogP contribution < -0.4 is 113 Å². The molecule has 6 heteroatoms. The number of carbonyl (C=O) groups is 2. The topological polar surface area (TPSA) is 80.3 Å². The summed E-state index contributed by atoms with van der Waals surface area (Å²) in [5.74, 6) is -3.06. The van der Waals surface area contributed by atoms with Crippen molar-refractivity contribution in [2.24, 2.45) is 0 Å². The second-order valence-electron chi connectivity index (χ2n) is 6.39. The van der Waals surface area contributed by atoms with Crippen molar-refractivity contribution in [1.29, 1.82) is 0 Å². The van der Waals surface area contributed by atoms with Crippen LogP contribution in [-0.2, 0) is 0 Å². The van der Waals surface area contributed by atoms with Gasteiger partial charge in [-0.1, -0.05) is 54.6 Å². The van der Waals surface area contributed by atoms with E-state index in [1.807, 2.05) is 42.5 Å². The van der Waals surface area contributed by atoms with Gasteiger partial charge in [0.15, 0.2) is 0 Å². The summed E-state index contributed by atoms with van der Waals surface area (Å²) in [7, 11) is 0. The smallest absolute Gasteiger partial charge is 0.545 e. The number of carbonyl (C=O) groups excluding carboxylic acids is 2. The Balaban J connectivity index is 0.00000112. The Morgan fingerprint density at radius 1 is 0.607 bits per heavy atom. The normalized spacial score (nSPS) is 10.9. The van der Waals surface area contributed by atoms with E-state index in [4.69, 9.17) is 0 Å². The van der Waals surface area contributed by atoms with Crippen LogP contribution in [0.1, 0.15) is 20.7 Å². The number of hydrogen-bond donors (Lipinski definition) is 0. The number of carboxylic acids is 2. The van der Waals surface area contributed by atoms with Crippen LogP contribution in [0.4, 0.5) is 0 Å². The molecule has 0 heterocycles. The molecule has 0 aliphatic rings. The molecule has 0 N–H and O–H groups in total. The van der Waals surface area contributed by atoms with Crippen molar-refractivity contribution in [3.05, 3.63) is 71.8 Å². The first-order chi connectivity index (χ1) is 12.6. The van der Waals surface area contributed by atoms with Gasteiger partial charge in [0.2, 0.25) is 0 Å². The van der Waals surface area contributed by atoms with Gasteiger partial charge < -0.3 is 19.8 Å². The van der Waals surface area contributed by atoms with E-state index in [-0.39, 0.29) is 114 Å². The van der Waals surface area contributed by atoms with E-state index in [1.165, 1.54) is 6.07 Å². The van der Waals surface area contributed by atoms with Crippen molar-refractivity contribution < 1.29 is 123 Å². The molecule has 0 radical (unpaired) electrons.